The molecule has 0 aromatic rings. The van der Waals surface area contributed by atoms with Gasteiger partial charge in [0.25, 0.3) is 0 Å². The molecule has 0 saturated heterocycles. The van der Waals surface area contributed by atoms with E-state index >= 15 is 0 Å². The van der Waals surface area contributed by atoms with Crippen LogP contribution in [-0.2, 0) is 4.79 Å². The Morgan fingerprint density at radius 1 is 1.08 bits per heavy atom. The van der Waals surface area contributed by atoms with E-state index in [1.165, 1.54) is 0 Å². The number of alkyl halides is 3. The number of aliphatic hydroxyl groups is 1. The maximum atomic E-state index is 13.7. The molecule has 3 unspecified atom stereocenters. The number of rotatable bonds is 0. The number of halogens is 3. The maximum absolute atomic E-state index is 13.7. The fraction of sp³-hybridized carbons (Fsp3) is 0.850. The number of hydrogen-bond acceptors (Lipinski definition) is 2. The molecule has 0 aromatic heterocycles. The molecule has 2 nitrogen and oxygen atoms in total. The molecule has 3 fully saturated rings. The summed E-state index contributed by atoms with van der Waals surface area (Å²) < 4.78 is 41.0. The topological polar surface area (TPSA) is 37.3 Å². The van der Waals surface area contributed by atoms with E-state index in [0.29, 0.717) is 37.5 Å². The number of allylic oxidation sites excluding steroid dienone is 2. The van der Waals surface area contributed by atoms with Crippen molar-refractivity contribution in [3.8, 4) is 0 Å². The molecule has 5 heteroatoms. The smallest absolute Gasteiger partial charge is 0.380 e. The second kappa shape index (κ2) is 5.11. The van der Waals surface area contributed by atoms with Crippen molar-refractivity contribution >= 4 is 5.78 Å². The van der Waals surface area contributed by atoms with Crippen molar-refractivity contribution in [3.63, 3.8) is 0 Å². The monoisotopic (exact) mass is 356 g/mol. The summed E-state index contributed by atoms with van der Waals surface area (Å²) in [5.41, 5.74) is -3.72. The predicted molar refractivity (Wildman–Crippen MR) is 87.6 cm³/mol. The van der Waals surface area contributed by atoms with Crippen LogP contribution < -0.4 is 0 Å². The van der Waals surface area contributed by atoms with Gasteiger partial charge < -0.3 is 5.11 Å². The lowest BCUT2D eigenvalue weighted by Crippen LogP contribution is -2.60. The fourth-order valence-corrected chi connectivity index (χ4v) is 7.12. The highest BCUT2D eigenvalue weighted by atomic mass is 19.4. The van der Waals surface area contributed by atoms with Gasteiger partial charge in [0, 0.05) is 11.8 Å². The first-order valence-corrected chi connectivity index (χ1v) is 9.54. The largest absolute Gasteiger partial charge is 0.417 e. The zero-order valence-corrected chi connectivity index (χ0v) is 14.9. The van der Waals surface area contributed by atoms with Crippen LogP contribution in [0.2, 0.25) is 0 Å². The Kier molecular flexibility index (Phi) is 3.59. The standard InChI is InChI=1S/C20H27F3O2/c1-17-8-5-13(24)11-12(17)3-4-14-15(17)6-9-18(2)16(14)7-10-19(18,25)20(21,22)23/h5,8,12,14-16,25H,3-4,6-7,9-11H2,1-2H3/t12-,14?,15?,16?,17+,18+,19+/m1/s1. The molecule has 4 rings (SSSR count). The molecule has 0 spiro atoms. The van der Waals surface area contributed by atoms with E-state index in [9.17, 15) is 23.1 Å². The Labute approximate surface area is 146 Å². The summed E-state index contributed by atoms with van der Waals surface area (Å²) in [5, 5.41) is 10.6. The first-order chi connectivity index (χ1) is 11.5. The number of carbonyl (C=O) groups excluding carboxylic acids is 1. The SMILES string of the molecule is C[C@]12CCC3C(CC[C@@H]4CC(=O)C=C[C@]34C)C1CC[C@@]2(O)C(F)(F)F. The van der Waals surface area contributed by atoms with Crippen LogP contribution in [-0.4, -0.2) is 22.7 Å². The van der Waals surface area contributed by atoms with Gasteiger partial charge in [0.15, 0.2) is 11.4 Å². The number of fused-ring (bicyclic) bond motifs is 5. The lowest BCUT2D eigenvalue weighted by molar-refractivity contribution is -0.303. The summed E-state index contributed by atoms with van der Waals surface area (Å²) in [6.45, 7) is 3.87. The minimum atomic E-state index is -4.57. The van der Waals surface area contributed by atoms with Crippen LogP contribution in [0.4, 0.5) is 13.2 Å². The van der Waals surface area contributed by atoms with Gasteiger partial charge in [-0.15, -0.1) is 0 Å². The molecule has 0 radical (unpaired) electrons. The summed E-state index contributed by atoms with van der Waals surface area (Å²) in [6, 6.07) is 0. The third kappa shape index (κ3) is 2.11. The Morgan fingerprint density at radius 2 is 1.76 bits per heavy atom. The first kappa shape index (κ1) is 17.6. The Bertz CT molecular complexity index is 627. The van der Waals surface area contributed by atoms with Crippen molar-refractivity contribution in [2.45, 2.75) is 70.6 Å². The van der Waals surface area contributed by atoms with E-state index in [4.69, 9.17) is 0 Å². The fourth-order valence-electron chi connectivity index (χ4n) is 7.12. The van der Waals surface area contributed by atoms with Crippen molar-refractivity contribution in [3.05, 3.63) is 12.2 Å². The van der Waals surface area contributed by atoms with Gasteiger partial charge in [0.05, 0.1) is 0 Å². The van der Waals surface area contributed by atoms with Crippen LogP contribution in [0.1, 0.15) is 58.8 Å². The summed E-state index contributed by atoms with van der Waals surface area (Å²) in [5.74, 6) is 0.951. The van der Waals surface area contributed by atoms with Crippen molar-refractivity contribution in [1.29, 1.82) is 0 Å². The Hall–Kier alpha value is -0.840. The third-order valence-corrected chi connectivity index (χ3v) is 8.66. The van der Waals surface area contributed by atoms with Crippen LogP contribution in [0.25, 0.3) is 0 Å². The van der Waals surface area contributed by atoms with Gasteiger partial charge in [0.2, 0.25) is 0 Å². The molecule has 7 atom stereocenters. The van der Waals surface area contributed by atoms with Crippen molar-refractivity contribution in [2.24, 2.45) is 34.5 Å². The summed E-state index contributed by atoms with van der Waals surface area (Å²) >= 11 is 0. The number of ketones is 1. The van der Waals surface area contributed by atoms with Crippen LogP contribution in [0.15, 0.2) is 12.2 Å². The molecular weight excluding hydrogens is 329 g/mol. The molecule has 140 valence electrons. The molecule has 4 aliphatic rings. The van der Waals surface area contributed by atoms with Crippen molar-refractivity contribution in [1.82, 2.24) is 0 Å². The van der Waals surface area contributed by atoms with Crippen molar-refractivity contribution in [2.75, 3.05) is 0 Å². The zero-order valence-electron chi connectivity index (χ0n) is 14.9. The average Bonchev–Trinajstić information content (AvgIpc) is 2.81. The van der Waals surface area contributed by atoms with Gasteiger partial charge >= 0.3 is 6.18 Å². The number of hydrogen-bond donors (Lipinski definition) is 1. The van der Waals surface area contributed by atoms with Gasteiger partial charge in [-0.1, -0.05) is 19.9 Å². The molecule has 25 heavy (non-hydrogen) atoms. The lowest BCUT2D eigenvalue weighted by atomic mass is 9.45. The molecule has 0 amide bonds. The predicted octanol–water partition coefficient (Wildman–Crippen LogP) is 4.67. The molecule has 0 aliphatic heterocycles. The van der Waals surface area contributed by atoms with E-state index in [1.807, 2.05) is 6.08 Å². The Balaban J connectivity index is 1.69. The van der Waals surface area contributed by atoms with E-state index in [0.717, 1.165) is 12.8 Å². The molecule has 0 bridgehead atoms. The Morgan fingerprint density at radius 3 is 2.44 bits per heavy atom. The maximum Gasteiger partial charge on any atom is 0.417 e. The first-order valence-electron chi connectivity index (χ1n) is 9.54. The number of carbonyl (C=O) groups is 1. The lowest BCUT2D eigenvalue weighted by Gasteiger charge is -2.59. The zero-order chi connectivity index (χ0) is 18.3. The van der Waals surface area contributed by atoms with Crippen LogP contribution in [0.5, 0.6) is 0 Å². The van der Waals surface area contributed by atoms with E-state index in [-0.39, 0.29) is 29.5 Å². The molecule has 0 aromatic carbocycles. The highest BCUT2D eigenvalue weighted by Crippen LogP contribution is 2.69. The molecular formula is C20H27F3O2. The minimum Gasteiger partial charge on any atom is -0.380 e. The van der Waals surface area contributed by atoms with Gasteiger partial charge in [-0.25, -0.2) is 0 Å². The van der Waals surface area contributed by atoms with Crippen LogP contribution in [0, 0.1) is 34.5 Å². The second-order valence-corrected chi connectivity index (χ2v) is 9.37. The van der Waals surface area contributed by atoms with Gasteiger partial charge in [0.1, 0.15) is 0 Å². The molecule has 0 heterocycles. The van der Waals surface area contributed by atoms with E-state index in [1.54, 1.807) is 13.0 Å². The summed E-state index contributed by atoms with van der Waals surface area (Å²) in [7, 11) is 0. The van der Waals surface area contributed by atoms with Gasteiger partial charge in [-0.05, 0) is 73.7 Å². The minimum absolute atomic E-state index is 0.0818. The summed E-state index contributed by atoms with van der Waals surface area (Å²) in [4.78, 5) is 11.8. The van der Waals surface area contributed by atoms with Gasteiger partial charge in [-0.3, -0.25) is 4.79 Å². The van der Waals surface area contributed by atoms with E-state index in [2.05, 4.69) is 6.92 Å². The third-order valence-electron chi connectivity index (χ3n) is 8.66. The molecule has 4 aliphatic carbocycles. The second-order valence-electron chi connectivity index (χ2n) is 9.37. The molecule has 1 N–H and O–H groups in total. The highest BCUT2D eigenvalue weighted by molar-refractivity contribution is 5.91. The average molecular weight is 356 g/mol. The molecule has 3 saturated carbocycles. The van der Waals surface area contributed by atoms with Crippen LogP contribution in [0.3, 0.4) is 0 Å². The van der Waals surface area contributed by atoms with Crippen LogP contribution >= 0.6 is 0 Å². The quantitative estimate of drug-likeness (QED) is 0.685. The normalized spacial score (nSPS) is 52.5. The van der Waals surface area contributed by atoms with E-state index < -0.39 is 17.2 Å². The van der Waals surface area contributed by atoms with Crippen molar-refractivity contribution < 1.29 is 23.1 Å². The van der Waals surface area contributed by atoms with Gasteiger partial charge in [-0.2, -0.15) is 13.2 Å². The summed E-state index contributed by atoms with van der Waals surface area (Å²) in [6.07, 6.45) is 2.95. The highest BCUT2D eigenvalue weighted by Gasteiger charge is 2.72.